The first-order valence-corrected chi connectivity index (χ1v) is 5.04. The van der Waals surface area contributed by atoms with Crippen LogP contribution in [-0.2, 0) is 0 Å². The summed E-state index contributed by atoms with van der Waals surface area (Å²) in [6.07, 6.45) is 1.96. The number of rotatable bonds is 3. The smallest absolute Gasteiger partial charge is 0.356 e. The van der Waals surface area contributed by atoms with Gasteiger partial charge in [-0.05, 0) is 12.8 Å². The quantitative estimate of drug-likeness (QED) is 0.774. The molecule has 1 amide bonds. The van der Waals surface area contributed by atoms with Crippen molar-refractivity contribution in [3.8, 4) is 0 Å². The summed E-state index contributed by atoms with van der Waals surface area (Å²) < 4.78 is 0. The Morgan fingerprint density at radius 1 is 1.57 bits per heavy atom. The van der Waals surface area contributed by atoms with E-state index in [0.717, 1.165) is 24.2 Å². The molecular weight excluding hydrogens is 204 g/mol. The number of amides is 1. The molecule has 2 rings (SSSR count). The average Bonchev–Trinajstić information content (AvgIpc) is 2.81. The molecule has 0 bridgehead atoms. The van der Waals surface area contributed by atoms with Crippen molar-refractivity contribution < 1.29 is 14.7 Å². The molecule has 0 aliphatic heterocycles. The maximum absolute atomic E-state index is 11.5. The van der Waals surface area contributed by atoms with Gasteiger partial charge in [-0.2, -0.15) is 0 Å². The van der Waals surface area contributed by atoms with E-state index in [2.05, 4.69) is 10.3 Å². The Morgan fingerprint density at radius 2 is 2.29 bits per heavy atom. The Bertz CT molecular complexity index is 384. The Hall–Kier alpha value is -1.43. The lowest BCUT2D eigenvalue weighted by atomic mass is 10.3. The zero-order valence-electron chi connectivity index (χ0n) is 7.19. The first kappa shape index (κ1) is 9.14. The lowest BCUT2D eigenvalue weighted by molar-refractivity contribution is 0.0685. The second kappa shape index (κ2) is 3.38. The number of carbonyl (C=O) groups is 2. The van der Waals surface area contributed by atoms with Gasteiger partial charge in [0.05, 0.1) is 5.51 Å². The molecule has 0 unspecified atom stereocenters. The fourth-order valence-electron chi connectivity index (χ4n) is 1.04. The molecule has 6 heteroatoms. The van der Waals surface area contributed by atoms with Crippen molar-refractivity contribution in [1.82, 2.24) is 10.3 Å². The minimum absolute atomic E-state index is 0.159. The second-order valence-electron chi connectivity index (χ2n) is 3.08. The lowest BCUT2D eigenvalue weighted by Crippen LogP contribution is -2.26. The van der Waals surface area contributed by atoms with Gasteiger partial charge in [-0.15, -0.1) is 11.3 Å². The van der Waals surface area contributed by atoms with Gasteiger partial charge in [-0.1, -0.05) is 0 Å². The van der Waals surface area contributed by atoms with E-state index in [1.807, 2.05) is 0 Å². The van der Waals surface area contributed by atoms with Gasteiger partial charge < -0.3 is 10.4 Å². The maximum atomic E-state index is 11.5. The monoisotopic (exact) mass is 212 g/mol. The third-order valence-electron chi connectivity index (χ3n) is 1.89. The normalized spacial score (nSPS) is 15.1. The predicted octanol–water partition coefficient (Wildman–Crippen LogP) is 0.734. The van der Waals surface area contributed by atoms with Crippen molar-refractivity contribution in [2.75, 3.05) is 0 Å². The molecule has 5 nitrogen and oxygen atoms in total. The average molecular weight is 212 g/mol. The largest absolute Gasteiger partial charge is 0.476 e. The van der Waals surface area contributed by atoms with Gasteiger partial charge in [0.25, 0.3) is 5.91 Å². The molecule has 0 aromatic carbocycles. The Morgan fingerprint density at radius 3 is 2.86 bits per heavy atom. The number of carboxylic acids is 1. The zero-order valence-corrected chi connectivity index (χ0v) is 8.00. The van der Waals surface area contributed by atoms with Crippen LogP contribution in [0.1, 0.15) is 33.0 Å². The molecule has 0 spiro atoms. The van der Waals surface area contributed by atoms with Crippen LogP contribution in [0.3, 0.4) is 0 Å². The molecular formula is C8H8N2O3S. The van der Waals surface area contributed by atoms with E-state index in [0.29, 0.717) is 0 Å². The van der Waals surface area contributed by atoms with Crippen molar-refractivity contribution in [3.05, 3.63) is 16.1 Å². The summed E-state index contributed by atoms with van der Waals surface area (Å²) >= 11 is 1.05. The molecule has 2 N–H and O–H groups in total. The third kappa shape index (κ3) is 1.74. The molecule has 0 radical (unpaired) electrons. The number of carbonyl (C=O) groups excluding carboxylic acids is 1. The van der Waals surface area contributed by atoms with Crippen molar-refractivity contribution in [2.24, 2.45) is 0 Å². The van der Waals surface area contributed by atoms with Crippen LogP contribution in [0, 0.1) is 0 Å². The van der Waals surface area contributed by atoms with Crippen molar-refractivity contribution in [1.29, 1.82) is 0 Å². The minimum atomic E-state index is -1.16. The third-order valence-corrected chi connectivity index (χ3v) is 2.71. The van der Waals surface area contributed by atoms with Crippen LogP contribution < -0.4 is 5.32 Å². The predicted molar refractivity (Wildman–Crippen MR) is 49.6 cm³/mol. The van der Waals surface area contributed by atoms with Crippen LogP contribution in [0.25, 0.3) is 0 Å². The molecule has 1 fully saturated rings. The number of nitrogens with one attached hydrogen (secondary N) is 1. The number of hydrogen-bond donors (Lipinski definition) is 2. The van der Waals surface area contributed by atoms with Gasteiger partial charge in [-0.25, -0.2) is 9.78 Å². The van der Waals surface area contributed by atoms with Crippen LogP contribution in [0.4, 0.5) is 0 Å². The van der Waals surface area contributed by atoms with E-state index in [9.17, 15) is 9.59 Å². The molecule has 0 saturated heterocycles. The summed E-state index contributed by atoms with van der Waals surface area (Å²) in [6, 6.07) is 0.228. The van der Waals surface area contributed by atoms with Crippen molar-refractivity contribution in [3.63, 3.8) is 0 Å². The van der Waals surface area contributed by atoms with Gasteiger partial charge in [0.15, 0.2) is 5.69 Å². The highest BCUT2D eigenvalue weighted by Crippen LogP contribution is 2.21. The highest BCUT2D eigenvalue weighted by atomic mass is 32.1. The molecule has 0 atom stereocenters. The Kier molecular flexibility index (Phi) is 2.20. The molecule has 1 heterocycles. The topological polar surface area (TPSA) is 79.3 Å². The van der Waals surface area contributed by atoms with Gasteiger partial charge in [0, 0.05) is 6.04 Å². The molecule has 14 heavy (non-hydrogen) atoms. The summed E-state index contributed by atoms with van der Waals surface area (Å²) in [5.74, 6) is -1.49. The van der Waals surface area contributed by atoms with Gasteiger partial charge >= 0.3 is 5.97 Å². The summed E-state index contributed by atoms with van der Waals surface area (Å²) in [7, 11) is 0. The Labute approximate surface area is 83.8 Å². The molecule has 1 aliphatic rings. The van der Waals surface area contributed by atoms with Gasteiger partial charge in [0.1, 0.15) is 4.88 Å². The lowest BCUT2D eigenvalue weighted by Gasteiger charge is -2.00. The van der Waals surface area contributed by atoms with E-state index in [1.54, 1.807) is 0 Å². The van der Waals surface area contributed by atoms with Crippen LogP contribution in [0.15, 0.2) is 5.51 Å². The van der Waals surface area contributed by atoms with E-state index < -0.39 is 5.97 Å². The SMILES string of the molecule is O=C(O)c1ncsc1C(=O)NC1CC1. The molecule has 74 valence electrons. The number of hydrogen-bond acceptors (Lipinski definition) is 4. The first-order valence-electron chi connectivity index (χ1n) is 4.16. The van der Waals surface area contributed by atoms with Crippen LogP contribution in [-0.4, -0.2) is 28.0 Å². The summed E-state index contributed by atoms with van der Waals surface area (Å²) in [5, 5.41) is 11.4. The number of nitrogens with zero attached hydrogens (tertiary/aromatic N) is 1. The van der Waals surface area contributed by atoms with Gasteiger partial charge in [-0.3, -0.25) is 4.79 Å². The molecule has 1 aromatic heterocycles. The van der Waals surface area contributed by atoms with E-state index in [-0.39, 0.29) is 22.5 Å². The molecule has 1 aliphatic carbocycles. The van der Waals surface area contributed by atoms with Crippen LogP contribution in [0.2, 0.25) is 0 Å². The molecule has 1 aromatic rings. The van der Waals surface area contributed by atoms with Crippen molar-refractivity contribution in [2.45, 2.75) is 18.9 Å². The fourth-order valence-corrected chi connectivity index (χ4v) is 1.72. The number of aromatic carboxylic acids is 1. The minimum Gasteiger partial charge on any atom is -0.476 e. The van der Waals surface area contributed by atoms with E-state index in [4.69, 9.17) is 5.11 Å². The molecule has 1 saturated carbocycles. The Balaban J connectivity index is 2.17. The second-order valence-corrected chi connectivity index (χ2v) is 3.94. The maximum Gasteiger partial charge on any atom is 0.356 e. The van der Waals surface area contributed by atoms with Gasteiger partial charge in [0.2, 0.25) is 0 Å². The fraction of sp³-hybridized carbons (Fsp3) is 0.375. The number of thiazole rings is 1. The van der Waals surface area contributed by atoms with E-state index >= 15 is 0 Å². The first-order chi connectivity index (χ1) is 6.68. The van der Waals surface area contributed by atoms with E-state index in [1.165, 1.54) is 5.51 Å². The van der Waals surface area contributed by atoms with Crippen molar-refractivity contribution >= 4 is 23.2 Å². The number of aromatic nitrogens is 1. The highest BCUT2D eigenvalue weighted by molar-refractivity contribution is 7.12. The van der Waals surface area contributed by atoms with Crippen LogP contribution in [0.5, 0.6) is 0 Å². The zero-order chi connectivity index (χ0) is 10.1. The standard InChI is InChI=1S/C8H8N2O3S/c11-7(10-4-1-2-4)6-5(8(12)13)9-3-14-6/h3-4H,1-2H2,(H,10,11)(H,12,13). The van der Waals surface area contributed by atoms with Crippen LogP contribution >= 0.6 is 11.3 Å². The summed E-state index contributed by atoms with van der Waals surface area (Å²) in [5.41, 5.74) is 1.21. The summed E-state index contributed by atoms with van der Waals surface area (Å²) in [4.78, 5) is 25.9. The summed E-state index contributed by atoms with van der Waals surface area (Å²) in [6.45, 7) is 0. The number of carboxylic acid groups (broad SMARTS) is 1. The highest BCUT2D eigenvalue weighted by Gasteiger charge is 2.27.